The molecule has 6 heteroatoms. The summed E-state index contributed by atoms with van der Waals surface area (Å²) in [6, 6.07) is 11.4. The molecule has 40 heavy (non-hydrogen) atoms. The van der Waals surface area contributed by atoms with Crippen molar-refractivity contribution in [1.29, 1.82) is 0 Å². The molecule has 0 atom stereocenters. The highest BCUT2D eigenvalue weighted by Crippen LogP contribution is 2.25. The van der Waals surface area contributed by atoms with Crippen LogP contribution in [-0.2, 0) is 13.1 Å². The zero-order chi connectivity index (χ0) is 28.2. The fourth-order valence-electron chi connectivity index (χ4n) is 5.51. The number of hydrogen-bond acceptors (Lipinski definition) is 4. The van der Waals surface area contributed by atoms with Crippen molar-refractivity contribution in [3.05, 3.63) is 81.9 Å². The summed E-state index contributed by atoms with van der Waals surface area (Å²) in [5.41, 5.74) is 4.52. The number of fused-ring (bicyclic) bond motifs is 1. The summed E-state index contributed by atoms with van der Waals surface area (Å²) in [7, 11) is 0. The molecular formula is C34H44N4O2. The van der Waals surface area contributed by atoms with E-state index in [1.165, 1.54) is 51.4 Å². The van der Waals surface area contributed by atoms with Gasteiger partial charge in [-0.3, -0.25) is 19.6 Å². The predicted molar refractivity (Wildman–Crippen MR) is 166 cm³/mol. The smallest absolute Gasteiger partial charge is 0.259 e. The van der Waals surface area contributed by atoms with E-state index >= 15 is 0 Å². The normalized spacial score (nSPS) is 11.3. The first-order valence-electron chi connectivity index (χ1n) is 15.3. The lowest BCUT2D eigenvalue weighted by Crippen LogP contribution is -2.28. The highest BCUT2D eigenvalue weighted by molar-refractivity contribution is 5.85. The molecule has 4 aromatic rings. The van der Waals surface area contributed by atoms with Crippen LogP contribution in [0, 0.1) is 0 Å². The Hall–Kier alpha value is -3.54. The van der Waals surface area contributed by atoms with Crippen LogP contribution >= 0.6 is 0 Å². The molecule has 0 spiro atoms. The second-order valence-electron chi connectivity index (χ2n) is 10.8. The van der Waals surface area contributed by atoms with Crippen LogP contribution in [0.3, 0.4) is 0 Å². The molecular weight excluding hydrogens is 496 g/mol. The summed E-state index contributed by atoms with van der Waals surface area (Å²) in [5.74, 6) is 0. The van der Waals surface area contributed by atoms with E-state index in [1.807, 2.05) is 45.5 Å². The van der Waals surface area contributed by atoms with Gasteiger partial charge in [-0.05, 0) is 60.4 Å². The maximum absolute atomic E-state index is 14.0. The fraction of sp³-hybridized carbons (Fsp3) is 0.471. The van der Waals surface area contributed by atoms with E-state index in [0.717, 1.165) is 47.8 Å². The van der Waals surface area contributed by atoms with Crippen molar-refractivity contribution in [2.75, 3.05) is 0 Å². The van der Waals surface area contributed by atoms with E-state index in [1.54, 1.807) is 24.8 Å². The van der Waals surface area contributed by atoms with Gasteiger partial charge in [-0.15, -0.1) is 0 Å². The molecule has 0 fully saturated rings. The van der Waals surface area contributed by atoms with Gasteiger partial charge in [-0.2, -0.15) is 0 Å². The third kappa shape index (κ3) is 7.35. The van der Waals surface area contributed by atoms with E-state index in [2.05, 4.69) is 23.8 Å². The van der Waals surface area contributed by atoms with Gasteiger partial charge in [0.15, 0.2) is 0 Å². The molecule has 0 N–H and O–H groups in total. The molecule has 4 heterocycles. The molecule has 0 bridgehead atoms. The molecule has 0 saturated carbocycles. The quantitative estimate of drug-likeness (QED) is 0.135. The number of hydrogen-bond donors (Lipinski definition) is 0. The maximum atomic E-state index is 14.0. The number of unbranched alkanes of at least 4 members (excludes halogenated alkanes) is 10. The van der Waals surface area contributed by atoms with Crippen LogP contribution in [0.15, 0.2) is 70.8 Å². The Morgan fingerprint density at radius 3 is 1.25 bits per heavy atom. The minimum Gasteiger partial charge on any atom is -0.306 e. The Kier molecular flexibility index (Phi) is 11.3. The average molecular weight is 541 g/mol. The summed E-state index contributed by atoms with van der Waals surface area (Å²) in [6.07, 6.45) is 20.6. The van der Waals surface area contributed by atoms with Crippen LogP contribution in [-0.4, -0.2) is 19.1 Å². The van der Waals surface area contributed by atoms with Crippen molar-refractivity contribution < 1.29 is 0 Å². The summed E-state index contributed by atoms with van der Waals surface area (Å²) < 4.78 is 3.82. The third-order valence-electron chi connectivity index (χ3n) is 7.81. The van der Waals surface area contributed by atoms with Gasteiger partial charge in [0.1, 0.15) is 0 Å². The molecule has 0 radical (unpaired) electrons. The minimum absolute atomic E-state index is 0.0160. The first-order chi connectivity index (χ1) is 19.7. The van der Waals surface area contributed by atoms with Crippen LogP contribution in [0.5, 0.6) is 0 Å². The molecule has 0 aromatic carbocycles. The molecule has 4 aromatic heterocycles. The van der Waals surface area contributed by atoms with Crippen LogP contribution in [0.4, 0.5) is 0 Å². The van der Waals surface area contributed by atoms with Crippen molar-refractivity contribution in [3.63, 3.8) is 0 Å². The first kappa shape index (κ1) is 29.4. The van der Waals surface area contributed by atoms with Crippen molar-refractivity contribution in [2.45, 2.75) is 104 Å². The van der Waals surface area contributed by atoms with E-state index < -0.39 is 0 Å². The molecule has 4 rings (SSSR count). The fourth-order valence-corrected chi connectivity index (χ4v) is 5.51. The van der Waals surface area contributed by atoms with E-state index in [4.69, 9.17) is 0 Å². The lowest BCUT2D eigenvalue weighted by molar-refractivity contribution is 0.551. The second kappa shape index (κ2) is 15.3. The molecule has 212 valence electrons. The van der Waals surface area contributed by atoms with Crippen molar-refractivity contribution >= 4 is 11.0 Å². The third-order valence-corrected chi connectivity index (χ3v) is 7.81. The molecule has 0 aliphatic heterocycles. The van der Waals surface area contributed by atoms with Gasteiger partial charge in [-0.25, -0.2) is 0 Å². The monoisotopic (exact) mass is 540 g/mol. The maximum Gasteiger partial charge on any atom is 0.259 e. The number of aryl methyl sites for hydroxylation is 2. The summed E-state index contributed by atoms with van der Waals surface area (Å²) in [5, 5.41) is 0. The summed E-state index contributed by atoms with van der Waals surface area (Å²) in [6.45, 7) is 5.71. The first-order valence-corrected chi connectivity index (χ1v) is 15.3. The predicted octanol–water partition coefficient (Wildman–Crippen LogP) is 8.01. The minimum atomic E-state index is -0.0160. The van der Waals surface area contributed by atoms with Gasteiger partial charge < -0.3 is 9.13 Å². The SMILES string of the molecule is CCCCCCCCn1c(=O)c(-c2ccncc2)cc2c1cc(-c1ccncc1)c(=O)n2CCCCCCCC. The average Bonchev–Trinajstić information content (AvgIpc) is 2.99. The number of pyridine rings is 4. The summed E-state index contributed by atoms with van der Waals surface area (Å²) in [4.78, 5) is 36.3. The van der Waals surface area contributed by atoms with Crippen LogP contribution in [0.25, 0.3) is 33.3 Å². The number of nitrogens with zero attached hydrogens (tertiary/aromatic N) is 4. The van der Waals surface area contributed by atoms with E-state index in [9.17, 15) is 9.59 Å². The molecule has 0 saturated heterocycles. The Labute approximate surface area is 238 Å². The van der Waals surface area contributed by atoms with Gasteiger partial charge in [0.25, 0.3) is 11.1 Å². The van der Waals surface area contributed by atoms with Crippen molar-refractivity contribution in [3.8, 4) is 22.3 Å². The zero-order valence-electron chi connectivity index (χ0n) is 24.3. The van der Waals surface area contributed by atoms with Crippen molar-refractivity contribution in [1.82, 2.24) is 19.1 Å². The lowest BCUT2D eigenvalue weighted by Gasteiger charge is -2.19. The zero-order valence-corrected chi connectivity index (χ0v) is 24.3. The highest BCUT2D eigenvalue weighted by atomic mass is 16.1. The standard InChI is InChI=1S/C34H44N4O2/c1-3-5-7-9-11-13-23-37-31-25-30(28-17-21-36-22-18-28)34(40)38(24-14-12-10-8-6-4-2)32(31)26-29(33(37)39)27-15-19-35-20-16-27/h15-22,25-26H,3-14,23-24H2,1-2H3. The molecule has 0 amide bonds. The van der Waals surface area contributed by atoms with Crippen LogP contribution in [0.1, 0.15) is 90.9 Å². The van der Waals surface area contributed by atoms with Crippen LogP contribution < -0.4 is 11.1 Å². The molecule has 0 unspecified atom stereocenters. The van der Waals surface area contributed by atoms with Gasteiger partial charge in [0.2, 0.25) is 0 Å². The van der Waals surface area contributed by atoms with Gasteiger partial charge in [0, 0.05) is 49.0 Å². The number of aromatic nitrogens is 4. The van der Waals surface area contributed by atoms with E-state index in [0.29, 0.717) is 24.2 Å². The van der Waals surface area contributed by atoms with Crippen molar-refractivity contribution in [2.24, 2.45) is 0 Å². The molecule has 0 aliphatic carbocycles. The Balaban J connectivity index is 1.83. The number of rotatable bonds is 16. The molecule has 6 nitrogen and oxygen atoms in total. The van der Waals surface area contributed by atoms with Gasteiger partial charge in [0.05, 0.1) is 11.0 Å². The Morgan fingerprint density at radius 2 is 0.875 bits per heavy atom. The highest BCUT2D eigenvalue weighted by Gasteiger charge is 2.18. The Morgan fingerprint density at radius 1 is 0.525 bits per heavy atom. The Bertz CT molecular complexity index is 1350. The largest absolute Gasteiger partial charge is 0.306 e. The summed E-state index contributed by atoms with van der Waals surface area (Å²) >= 11 is 0. The topological polar surface area (TPSA) is 69.8 Å². The molecule has 0 aliphatic rings. The second-order valence-corrected chi connectivity index (χ2v) is 10.8. The van der Waals surface area contributed by atoms with E-state index in [-0.39, 0.29) is 11.1 Å². The lowest BCUT2D eigenvalue weighted by atomic mass is 10.0. The van der Waals surface area contributed by atoms with Crippen LogP contribution in [0.2, 0.25) is 0 Å². The van der Waals surface area contributed by atoms with Gasteiger partial charge >= 0.3 is 0 Å². The van der Waals surface area contributed by atoms with Gasteiger partial charge in [-0.1, -0.05) is 78.1 Å².